The molecule has 0 unspecified atom stereocenters. The number of hydrogen-bond donors (Lipinski definition) is 0. The first-order valence-electron chi connectivity index (χ1n) is 9.52. The van der Waals surface area contributed by atoms with E-state index in [0.29, 0.717) is 42.6 Å². The standard InChI is InChI=1S/C21H20ClN3O5S/c1-13-19(20(22)24(2)23-13)21(27)30-12-18(26)25(11-15-4-3-9-31-15)14-5-6-16-17(10-14)29-8-7-28-16/h3-6,9-10H,7-8,11-12H2,1-2H3. The number of thiophene rings is 1. The molecule has 31 heavy (non-hydrogen) atoms. The molecule has 0 N–H and O–H groups in total. The summed E-state index contributed by atoms with van der Waals surface area (Å²) < 4.78 is 17.9. The number of halogens is 1. The highest BCUT2D eigenvalue weighted by molar-refractivity contribution is 7.09. The molecule has 0 bridgehead atoms. The average Bonchev–Trinajstić information content (AvgIpc) is 3.37. The van der Waals surface area contributed by atoms with Crippen molar-refractivity contribution in [3.8, 4) is 11.5 Å². The third kappa shape index (κ3) is 4.52. The third-order valence-corrected chi connectivity index (χ3v) is 6.01. The zero-order valence-corrected chi connectivity index (χ0v) is 18.5. The van der Waals surface area contributed by atoms with Crippen molar-refractivity contribution in [3.05, 3.63) is 57.0 Å². The van der Waals surface area contributed by atoms with E-state index in [9.17, 15) is 9.59 Å². The van der Waals surface area contributed by atoms with E-state index >= 15 is 0 Å². The Morgan fingerprint density at radius 2 is 2.03 bits per heavy atom. The molecule has 8 nitrogen and oxygen atoms in total. The number of esters is 1. The van der Waals surface area contributed by atoms with Gasteiger partial charge in [-0.2, -0.15) is 5.10 Å². The number of rotatable bonds is 6. The number of anilines is 1. The maximum atomic E-state index is 13.1. The molecule has 0 saturated carbocycles. The van der Waals surface area contributed by atoms with Crippen LogP contribution in [0.5, 0.6) is 11.5 Å². The Labute approximate surface area is 187 Å². The molecule has 2 aromatic heterocycles. The molecule has 0 spiro atoms. The van der Waals surface area contributed by atoms with Gasteiger partial charge >= 0.3 is 5.97 Å². The smallest absolute Gasteiger partial charge is 0.343 e. The normalized spacial score (nSPS) is 12.5. The van der Waals surface area contributed by atoms with Crippen LogP contribution in [0.25, 0.3) is 0 Å². The lowest BCUT2D eigenvalue weighted by Crippen LogP contribution is -2.34. The molecule has 1 amide bonds. The fourth-order valence-corrected chi connectivity index (χ4v) is 4.17. The third-order valence-electron chi connectivity index (χ3n) is 4.72. The van der Waals surface area contributed by atoms with Gasteiger partial charge in [0.2, 0.25) is 0 Å². The predicted molar refractivity (Wildman–Crippen MR) is 116 cm³/mol. The highest BCUT2D eigenvalue weighted by atomic mass is 35.5. The average molecular weight is 462 g/mol. The van der Waals surface area contributed by atoms with E-state index in [2.05, 4.69) is 5.10 Å². The minimum atomic E-state index is -0.692. The molecule has 162 valence electrons. The Morgan fingerprint density at radius 1 is 1.26 bits per heavy atom. The van der Waals surface area contributed by atoms with Gasteiger partial charge in [0.25, 0.3) is 5.91 Å². The summed E-state index contributed by atoms with van der Waals surface area (Å²) >= 11 is 7.66. The van der Waals surface area contributed by atoms with Gasteiger partial charge < -0.3 is 19.1 Å². The first-order valence-corrected chi connectivity index (χ1v) is 10.8. The molecule has 3 heterocycles. The second kappa shape index (κ2) is 8.99. The van der Waals surface area contributed by atoms with E-state index in [1.165, 1.54) is 16.0 Å². The maximum absolute atomic E-state index is 13.1. The second-order valence-corrected chi connectivity index (χ2v) is 8.23. The Hall–Kier alpha value is -3.04. The number of ether oxygens (including phenoxy) is 3. The number of hydrogen-bond acceptors (Lipinski definition) is 7. The molecular formula is C21H20ClN3O5S. The molecule has 1 aromatic carbocycles. The highest BCUT2D eigenvalue weighted by Gasteiger charge is 2.24. The maximum Gasteiger partial charge on any atom is 0.343 e. The van der Waals surface area contributed by atoms with E-state index in [1.54, 1.807) is 37.1 Å². The van der Waals surface area contributed by atoms with Gasteiger partial charge in [0.05, 0.1) is 12.2 Å². The molecule has 3 aromatic rings. The van der Waals surface area contributed by atoms with Crippen LogP contribution in [-0.2, 0) is 23.1 Å². The molecule has 4 rings (SSSR count). The van der Waals surface area contributed by atoms with Crippen LogP contribution in [0, 0.1) is 6.92 Å². The van der Waals surface area contributed by atoms with Crippen molar-refractivity contribution in [2.24, 2.45) is 7.05 Å². The molecule has 0 fully saturated rings. The zero-order valence-electron chi connectivity index (χ0n) is 17.0. The second-order valence-electron chi connectivity index (χ2n) is 6.84. The number of amides is 1. The molecule has 0 aliphatic carbocycles. The highest BCUT2D eigenvalue weighted by Crippen LogP contribution is 2.34. The van der Waals surface area contributed by atoms with E-state index < -0.39 is 12.6 Å². The first kappa shape index (κ1) is 21.2. The van der Waals surface area contributed by atoms with Crippen LogP contribution in [0.3, 0.4) is 0 Å². The largest absolute Gasteiger partial charge is 0.486 e. The number of carbonyl (C=O) groups is 2. The summed E-state index contributed by atoms with van der Waals surface area (Å²) in [5, 5.41) is 6.20. The number of carbonyl (C=O) groups excluding carboxylic acids is 2. The van der Waals surface area contributed by atoms with Crippen molar-refractivity contribution in [1.29, 1.82) is 0 Å². The number of aryl methyl sites for hydroxylation is 2. The number of fused-ring (bicyclic) bond motifs is 1. The fourth-order valence-electron chi connectivity index (χ4n) is 3.22. The van der Waals surface area contributed by atoms with Crippen LogP contribution in [-0.4, -0.2) is 41.5 Å². The minimum absolute atomic E-state index is 0.154. The van der Waals surface area contributed by atoms with Gasteiger partial charge in [-0.1, -0.05) is 17.7 Å². The van der Waals surface area contributed by atoms with E-state index in [0.717, 1.165) is 4.88 Å². The van der Waals surface area contributed by atoms with Crippen molar-refractivity contribution >= 4 is 40.5 Å². The predicted octanol–water partition coefficient (Wildman–Crippen LogP) is 3.60. The lowest BCUT2D eigenvalue weighted by Gasteiger charge is -2.25. The van der Waals surface area contributed by atoms with Gasteiger partial charge in [-0.25, -0.2) is 4.79 Å². The van der Waals surface area contributed by atoms with Crippen molar-refractivity contribution in [2.75, 3.05) is 24.7 Å². The molecule has 1 aliphatic rings. The molecular weight excluding hydrogens is 442 g/mol. The van der Waals surface area contributed by atoms with Crippen molar-refractivity contribution < 1.29 is 23.8 Å². The zero-order chi connectivity index (χ0) is 22.0. The quantitative estimate of drug-likeness (QED) is 0.521. The van der Waals surface area contributed by atoms with Crippen LogP contribution >= 0.6 is 22.9 Å². The Balaban J connectivity index is 1.54. The van der Waals surface area contributed by atoms with Crippen LogP contribution < -0.4 is 14.4 Å². The summed E-state index contributed by atoms with van der Waals surface area (Å²) in [6, 6.07) is 9.16. The van der Waals surface area contributed by atoms with E-state index in [4.69, 9.17) is 25.8 Å². The lowest BCUT2D eigenvalue weighted by molar-refractivity contribution is -0.121. The van der Waals surface area contributed by atoms with Crippen molar-refractivity contribution in [1.82, 2.24) is 9.78 Å². The Kier molecular flexibility index (Phi) is 6.15. The van der Waals surface area contributed by atoms with E-state index in [-0.39, 0.29) is 16.6 Å². The van der Waals surface area contributed by atoms with Gasteiger partial charge in [0.1, 0.15) is 23.9 Å². The Morgan fingerprint density at radius 3 is 2.71 bits per heavy atom. The number of aromatic nitrogens is 2. The molecule has 0 radical (unpaired) electrons. The van der Waals surface area contributed by atoms with Gasteiger partial charge in [0, 0.05) is 23.7 Å². The van der Waals surface area contributed by atoms with Crippen molar-refractivity contribution in [2.45, 2.75) is 13.5 Å². The summed E-state index contributed by atoms with van der Waals surface area (Å²) in [4.78, 5) is 28.1. The molecule has 10 heteroatoms. The summed E-state index contributed by atoms with van der Waals surface area (Å²) in [6.07, 6.45) is 0. The summed E-state index contributed by atoms with van der Waals surface area (Å²) in [5.41, 5.74) is 1.21. The minimum Gasteiger partial charge on any atom is -0.486 e. The molecule has 0 saturated heterocycles. The van der Waals surface area contributed by atoms with Gasteiger partial charge in [0.15, 0.2) is 18.1 Å². The summed E-state index contributed by atoms with van der Waals surface area (Å²) in [6.45, 7) is 2.47. The van der Waals surface area contributed by atoms with E-state index in [1.807, 2.05) is 17.5 Å². The first-order chi connectivity index (χ1) is 14.9. The SMILES string of the molecule is Cc1nn(C)c(Cl)c1C(=O)OCC(=O)N(Cc1cccs1)c1ccc2c(c1)OCCO2. The number of benzene rings is 1. The fraction of sp³-hybridized carbons (Fsp3) is 0.286. The van der Waals surface area contributed by atoms with Gasteiger partial charge in [-0.15, -0.1) is 11.3 Å². The van der Waals surface area contributed by atoms with Crippen LogP contribution in [0.4, 0.5) is 5.69 Å². The van der Waals surface area contributed by atoms with Crippen LogP contribution in [0.1, 0.15) is 20.9 Å². The number of nitrogens with zero attached hydrogens (tertiary/aromatic N) is 3. The van der Waals surface area contributed by atoms with Gasteiger partial charge in [-0.3, -0.25) is 9.48 Å². The molecule has 0 atom stereocenters. The monoisotopic (exact) mass is 461 g/mol. The summed E-state index contributed by atoms with van der Waals surface area (Å²) in [5.74, 6) is 0.132. The Bertz CT molecular complexity index is 1110. The van der Waals surface area contributed by atoms with Crippen LogP contribution in [0.2, 0.25) is 5.15 Å². The topological polar surface area (TPSA) is 82.9 Å². The van der Waals surface area contributed by atoms with Crippen LogP contribution in [0.15, 0.2) is 35.7 Å². The van der Waals surface area contributed by atoms with Crippen molar-refractivity contribution in [3.63, 3.8) is 0 Å². The lowest BCUT2D eigenvalue weighted by atomic mass is 10.2. The molecule has 1 aliphatic heterocycles. The summed E-state index contributed by atoms with van der Waals surface area (Å²) in [7, 11) is 1.63. The van der Waals surface area contributed by atoms with Gasteiger partial charge in [-0.05, 0) is 30.5 Å².